The molecule has 0 atom stereocenters. The minimum absolute atomic E-state index is 0.0416. The summed E-state index contributed by atoms with van der Waals surface area (Å²) in [4.78, 5) is 22.6. The van der Waals surface area contributed by atoms with Gasteiger partial charge in [-0.2, -0.15) is 0 Å². The highest BCUT2D eigenvalue weighted by Crippen LogP contribution is 2.25. The van der Waals surface area contributed by atoms with Crippen LogP contribution in [0.1, 0.15) is 22.7 Å². The molecule has 0 N–H and O–H groups in total. The van der Waals surface area contributed by atoms with Crippen molar-refractivity contribution in [2.24, 2.45) is 0 Å². The zero-order valence-electron chi connectivity index (χ0n) is 16.0. The number of carbonyl (C=O) groups is 1. The summed E-state index contributed by atoms with van der Waals surface area (Å²) in [5, 5.41) is 18.4. The van der Waals surface area contributed by atoms with Crippen LogP contribution in [0.4, 0.5) is 11.4 Å². The summed E-state index contributed by atoms with van der Waals surface area (Å²) in [6, 6.07) is 11.7. The zero-order chi connectivity index (χ0) is 22.0. The maximum atomic E-state index is 12.4. The van der Waals surface area contributed by atoms with Crippen molar-refractivity contribution in [2.75, 3.05) is 16.6 Å². The fourth-order valence-electron chi connectivity index (χ4n) is 3.08. The number of nitrogens with zero attached hydrogens (tertiary/aromatic N) is 4. The SMILES string of the molecule is O=C(OCc1nnc(-c2ccc([N+](=O)[O-])cc2)o1)c1cccc(N2CCCS2(=O)=O)c1. The Morgan fingerprint density at radius 3 is 2.65 bits per heavy atom. The largest absolute Gasteiger partial charge is 0.452 e. The molecule has 1 aliphatic heterocycles. The van der Waals surface area contributed by atoms with Crippen molar-refractivity contribution >= 4 is 27.4 Å². The van der Waals surface area contributed by atoms with Crippen LogP contribution in [-0.2, 0) is 21.4 Å². The Hall–Kier alpha value is -3.80. The Morgan fingerprint density at radius 1 is 1.19 bits per heavy atom. The van der Waals surface area contributed by atoms with Gasteiger partial charge in [-0.05, 0) is 36.8 Å². The van der Waals surface area contributed by atoms with Crippen molar-refractivity contribution in [1.29, 1.82) is 0 Å². The second kappa shape index (κ2) is 8.14. The second-order valence-electron chi connectivity index (χ2n) is 6.67. The van der Waals surface area contributed by atoms with Gasteiger partial charge in [0.15, 0.2) is 6.61 Å². The number of benzene rings is 2. The Morgan fingerprint density at radius 2 is 1.97 bits per heavy atom. The molecular formula is C19H16N4O7S. The number of nitro groups is 1. The predicted octanol–water partition coefficient (Wildman–Crippen LogP) is 2.54. The van der Waals surface area contributed by atoms with E-state index in [0.29, 0.717) is 24.2 Å². The van der Waals surface area contributed by atoms with Gasteiger partial charge in [-0.1, -0.05) is 6.07 Å². The van der Waals surface area contributed by atoms with Crippen LogP contribution in [0, 0.1) is 10.1 Å². The van der Waals surface area contributed by atoms with Crippen LogP contribution < -0.4 is 4.31 Å². The first kappa shape index (κ1) is 20.5. The van der Waals surface area contributed by atoms with Crippen molar-refractivity contribution in [2.45, 2.75) is 13.0 Å². The highest BCUT2D eigenvalue weighted by Gasteiger charge is 2.28. The maximum Gasteiger partial charge on any atom is 0.338 e. The van der Waals surface area contributed by atoms with Gasteiger partial charge in [-0.15, -0.1) is 10.2 Å². The van der Waals surface area contributed by atoms with Gasteiger partial charge in [0, 0.05) is 24.2 Å². The number of esters is 1. The molecule has 1 aromatic heterocycles. The fourth-order valence-corrected chi connectivity index (χ4v) is 4.64. The molecule has 4 rings (SSSR count). The van der Waals surface area contributed by atoms with Crippen molar-refractivity contribution < 1.29 is 27.3 Å². The van der Waals surface area contributed by atoms with Gasteiger partial charge in [-0.3, -0.25) is 14.4 Å². The van der Waals surface area contributed by atoms with E-state index in [1.807, 2.05) is 0 Å². The number of aromatic nitrogens is 2. The Labute approximate surface area is 176 Å². The molecule has 11 nitrogen and oxygen atoms in total. The van der Waals surface area contributed by atoms with Crippen LogP contribution in [0.2, 0.25) is 0 Å². The molecule has 0 unspecified atom stereocenters. The third kappa shape index (κ3) is 4.38. The van der Waals surface area contributed by atoms with E-state index in [0.717, 1.165) is 0 Å². The third-order valence-electron chi connectivity index (χ3n) is 4.59. The normalized spacial score (nSPS) is 15.0. The van der Waals surface area contributed by atoms with Crippen LogP contribution >= 0.6 is 0 Å². The molecule has 1 aliphatic rings. The van der Waals surface area contributed by atoms with Crippen LogP contribution in [-0.4, -0.2) is 41.8 Å². The number of sulfonamides is 1. The summed E-state index contributed by atoms with van der Waals surface area (Å²) in [6.07, 6.45) is 0.533. The topological polar surface area (TPSA) is 146 Å². The number of hydrogen-bond donors (Lipinski definition) is 0. The molecule has 0 bridgehead atoms. The zero-order valence-corrected chi connectivity index (χ0v) is 16.8. The molecule has 0 aliphatic carbocycles. The van der Waals surface area contributed by atoms with E-state index in [1.54, 1.807) is 12.1 Å². The number of ether oxygens (including phenoxy) is 1. The van der Waals surface area contributed by atoms with Crippen molar-refractivity contribution in [3.05, 3.63) is 70.1 Å². The number of hydrogen-bond acceptors (Lipinski definition) is 9. The lowest BCUT2D eigenvalue weighted by atomic mass is 10.2. The molecule has 2 heterocycles. The van der Waals surface area contributed by atoms with Gasteiger partial charge >= 0.3 is 5.97 Å². The van der Waals surface area contributed by atoms with Crippen LogP contribution in [0.15, 0.2) is 52.9 Å². The maximum absolute atomic E-state index is 12.4. The van der Waals surface area contributed by atoms with Crippen LogP contribution in [0.25, 0.3) is 11.5 Å². The third-order valence-corrected chi connectivity index (χ3v) is 6.46. The molecule has 31 heavy (non-hydrogen) atoms. The lowest BCUT2D eigenvalue weighted by Crippen LogP contribution is -2.25. The predicted molar refractivity (Wildman–Crippen MR) is 108 cm³/mol. The summed E-state index contributed by atoms with van der Waals surface area (Å²) in [6.45, 7) is 0.0826. The number of rotatable bonds is 6. The Bertz CT molecular complexity index is 1240. The highest BCUT2D eigenvalue weighted by atomic mass is 32.2. The minimum Gasteiger partial charge on any atom is -0.452 e. The van der Waals surface area contributed by atoms with E-state index in [-0.39, 0.29) is 35.4 Å². The summed E-state index contributed by atoms with van der Waals surface area (Å²) >= 11 is 0. The molecule has 0 saturated carbocycles. The molecule has 0 radical (unpaired) electrons. The minimum atomic E-state index is -3.36. The lowest BCUT2D eigenvalue weighted by molar-refractivity contribution is -0.384. The van der Waals surface area contributed by atoms with Gasteiger partial charge in [-0.25, -0.2) is 13.2 Å². The first-order chi connectivity index (χ1) is 14.8. The van der Waals surface area contributed by atoms with E-state index in [2.05, 4.69) is 10.2 Å². The average molecular weight is 444 g/mol. The second-order valence-corrected chi connectivity index (χ2v) is 8.69. The average Bonchev–Trinajstić information content (AvgIpc) is 3.38. The number of nitro benzene ring substituents is 1. The molecule has 0 amide bonds. The molecule has 2 aromatic carbocycles. The van der Waals surface area contributed by atoms with Crippen molar-refractivity contribution in [1.82, 2.24) is 10.2 Å². The molecule has 160 valence electrons. The van der Waals surface area contributed by atoms with Crippen molar-refractivity contribution in [3.8, 4) is 11.5 Å². The summed E-state index contributed by atoms with van der Waals surface area (Å²) in [5.74, 6) is -0.425. The van der Waals surface area contributed by atoms with Crippen molar-refractivity contribution in [3.63, 3.8) is 0 Å². The first-order valence-corrected chi connectivity index (χ1v) is 10.8. The van der Waals surface area contributed by atoms with E-state index in [4.69, 9.17) is 9.15 Å². The standard InChI is InChI=1S/C19H16N4O7S/c24-19(14-3-1-4-16(11-14)22-9-2-10-31(22,27)28)29-12-17-20-21-18(30-17)13-5-7-15(8-6-13)23(25)26/h1,3-8,11H,2,9-10,12H2. The monoisotopic (exact) mass is 444 g/mol. The number of carbonyl (C=O) groups excluding carboxylic acids is 1. The van der Waals surface area contributed by atoms with E-state index in [9.17, 15) is 23.3 Å². The quantitative estimate of drug-likeness (QED) is 0.318. The molecule has 1 saturated heterocycles. The molecule has 1 fully saturated rings. The van der Waals surface area contributed by atoms with E-state index >= 15 is 0 Å². The molecule has 0 spiro atoms. The summed E-state index contributed by atoms with van der Waals surface area (Å²) in [7, 11) is -3.36. The van der Waals surface area contributed by atoms with Gasteiger partial charge in [0.1, 0.15) is 0 Å². The van der Waals surface area contributed by atoms with Gasteiger partial charge in [0.25, 0.3) is 11.6 Å². The molecule has 3 aromatic rings. The Kier molecular flexibility index (Phi) is 5.38. The molecule has 12 heteroatoms. The highest BCUT2D eigenvalue weighted by molar-refractivity contribution is 7.93. The smallest absolute Gasteiger partial charge is 0.338 e. The fraction of sp³-hybridized carbons (Fsp3) is 0.211. The van der Waals surface area contributed by atoms with Crippen LogP contribution in [0.5, 0.6) is 0 Å². The first-order valence-electron chi connectivity index (χ1n) is 9.18. The number of non-ortho nitro benzene ring substituents is 1. The lowest BCUT2D eigenvalue weighted by Gasteiger charge is -2.17. The molecular weight excluding hydrogens is 428 g/mol. The number of anilines is 1. The van der Waals surface area contributed by atoms with Gasteiger partial charge < -0.3 is 9.15 Å². The van der Waals surface area contributed by atoms with Gasteiger partial charge in [0.2, 0.25) is 15.9 Å². The summed E-state index contributed by atoms with van der Waals surface area (Å²) < 4.78 is 36.0. The Balaban J connectivity index is 1.42. The van der Waals surface area contributed by atoms with E-state index in [1.165, 1.54) is 40.7 Å². The van der Waals surface area contributed by atoms with E-state index < -0.39 is 20.9 Å². The van der Waals surface area contributed by atoms with Gasteiger partial charge in [0.05, 0.1) is 21.9 Å². The summed E-state index contributed by atoms with van der Waals surface area (Å²) in [5.41, 5.74) is 1.01. The van der Waals surface area contributed by atoms with Crippen LogP contribution in [0.3, 0.4) is 0 Å².